The molecule has 7 atom stereocenters. The van der Waals surface area contributed by atoms with Crippen LogP contribution in [-0.4, -0.2) is 5.71 Å². The summed E-state index contributed by atoms with van der Waals surface area (Å²) in [4.78, 5) is 0. The molecule has 1 nitrogen and oxygen atoms in total. The monoisotopic (exact) mass is 331 g/mol. The van der Waals surface area contributed by atoms with Crippen molar-refractivity contribution in [3.05, 3.63) is 0 Å². The van der Waals surface area contributed by atoms with Crippen LogP contribution >= 0.6 is 0 Å². The minimum absolute atomic E-state index is 0.463. The third kappa shape index (κ3) is 2.60. The highest BCUT2D eigenvalue weighted by atomic mass is 14.7. The number of nitrogens with one attached hydrogen (secondary N) is 1. The van der Waals surface area contributed by atoms with Crippen LogP contribution in [0.1, 0.15) is 98.8 Å². The van der Waals surface area contributed by atoms with Gasteiger partial charge in [0, 0.05) is 11.6 Å². The van der Waals surface area contributed by atoms with E-state index in [9.17, 15) is 0 Å². The Hall–Kier alpha value is -0.330. The highest BCUT2D eigenvalue weighted by Crippen LogP contribution is 2.67. The molecular formula is C23H41N. The maximum absolute atomic E-state index is 8.26. The number of rotatable bonds is 1. The molecule has 0 bridgehead atoms. The van der Waals surface area contributed by atoms with E-state index < -0.39 is 0 Å². The van der Waals surface area contributed by atoms with Crippen molar-refractivity contribution in [3.8, 4) is 0 Å². The van der Waals surface area contributed by atoms with E-state index in [1.165, 1.54) is 64.2 Å². The van der Waals surface area contributed by atoms with E-state index in [2.05, 4.69) is 20.8 Å². The smallest absolute Gasteiger partial charge is 0.00946 e. The van der Waals surface area contributed by atoms with Crippen LogP contribution < -0.4 is 0 Å². The minimum atomic E-state index is 0.463. The summed E-state index contributed by atoms with van der Waals surface area (Å²) in [7, 11) is 0. The molecule has 0 aromatic rings. The minimum Gasteiger partial charge on any atom is -0.310 e. The molecule has 1 heteroatoms. The average molecular weight is 332 g/mol. The van der Waals surface area contributed by atoms with Gasteiger partial charge in [0.15, 0.2) is 0 Å². The fraction of sp³-hybridized carbons (Fsp3) is 0.957. The standard InChI is InChI=1S/C21H35N.C2H6/c1-14(22)17-9-10-18-16-8-7-15-6-4-5-12-20(15,2)19(16)11-13-21(17,18)3;1-2/h15-19,22H,4-13H2,1-3H3;1-2H3. The molecule has 4 aliphatic rings. The predicted molar refractivity (Wildman–Crippen MR) is 105 cm³/mol. The molecule has 0 spiro atoms. The number of fused-ring (bicyclic) bond motifs is 5. The van der Waals surface area contributed by atoms with E-state index in [0.717, 1.165) is 29.4 Å². The van der Waals surface area contributed by atoms with Crippen LogP contribution in [0.2, 0.25) is 0 Å². The third-order valence-corrected chi connectivity index (χ3v) is 9.11. The first-order chi connectivity index (χ1) is 11.5. The van der Waals surface area contributed by atoms with Gasteiger partial charge in [-0.05, 0) is 92.8 Å². The van der Waals surface area contributed by atoms with Gasteiger partial charge in [-0.3, -0.25) is 0 Å². The van der Waals surface area contributed by atoms with Gasteiger partial charge in [-0.25, -0.2) is 0 Å². The number of hydrogen-bond acceptors (Lipinski definition) is 1. The zero-order chi connectivity index (χ0) is 17.5. The first-order valence-corrected chi connectivity index (χ1v) is 11.0. The van der Waals surface area contributed by atoms with Crippen molar-refractivity contribution in [3.63, 3.8) is 0 Å². The van der Waals surface area contributed by atoms with Crippen LogP contribution in [0.15, 0.2) is 0 Å². The van der Waals surface area contributed by atoms with Gasteiger partial charge in [0.2, 0.25) is 0 Å². The molecule has 0 saturated heterocycles. The van der Waals surface area contributed by atoms with Crippen molar-refractivity contribution in [2.24, 2.45) is 40.4 Å². The second kappa shape index (κ2) is 6.76. The third-order valence-electron chi connectivity index (χ3n) is 9.11. The van der Waals surface area contributed by atoms with Crippen molar-refractivity contribution < 1.29 is 0 Å². The summed E-state index contributed by atoms with van der Waals surface area (Å²) in [6.07, 6.45) is 14.6. The van der Waals surface area contributed by atoms with Gasteiger partial charge < -0.3 is 5.41 Å². The molecule has 0 heterocycles. The zero-order valence-corrected chi connectivity index (χ0v) is 17.0. The Balaban J connectivity index is 0.000000815. The Kier molecular flexibility index (Phi) is 5.20. The summed E-state index contributed by atoms with van der Waals surface area (Å²) in [5.41, 5.74) is 2.10. The van der Waals surface area contributed by atoms with Crippen LogP contribution in [0.5, 0.6) is 0 Å². The maximum atomic E-state index is 8.26. The largest absolute Gasteiger partial charge is 0.310 e. The van der Waals surface area contributed by atoms with E-state index in [-0.39, 0.29) is 0 Å². The quantitative estimate of drug-likeness (QED) is 0.495. The van der Waals surface area contributed by atoms with Gasteiger partial charge >= 0.3 is 0 Å². The molecule has 1 N–H and O–H groups in total. The van der Waals surface area contributed by atoms with E-state index in [1.54, 1.807) is 0 Å². The van der Waals surface area contributed by atoms with Crippen molar-refractivity contribution >= 4 is 5.71 Å². The highest BCUT2D eigenvalue weighted by Gasteiger charge is 2.59. The lowest BCUT2D eigenvalue weighted by molar-refractivity contribution is -0.106. The highest BCUT2D eigenvalue weighted by molar-refractivity contribution is 5.82. The Morgan fingerprint density at radius 3 is 2.21 bits per heavy atom. The topological polar surface area (TPSA) is 23.9 Å². The van der Waals surface area contributed by atoms with Crippen LogP contribution in [-0.2, 0) is 0 Å². The lowest BCUT2D eigenvalue weighted by Gasteiger charge is -2.60. The van der Waals surface area contributed by atoms with Gasteiger partial charge in [-0.15, -0.1) is 0 Å². The van der Waals surface area contributed by atoms with Crippen molar-refractivity contribution in [1.29, 1.82) is 5.41 Å². The first-order valence-electron chi connectivity index (χ1n) is 11.0. The van der Waals surface area contributed by atoms with E-state index >= 15 is 0 Å². The summed E-state index contributed by atoms with van der Waals surface area (Å²) in [5.74, 6) is 4.55. The van der Waals surface area contributed by atoms with Gasteiger partial charge in [0.1, 0.15) is 0 Å². The van der Waals surface area contributed by atoms with Crippen LogP contribution in [0.25, 0.3) is 0 Å². The van der Waals surface area contributed by atoms with E-state index in [0.29, 0.717) is 16.7 Å². The molecular weight excluding hydrogens is 290 g/mol. The van der Waals surface area contributed by atoms with Crippen molar-refractivity contribution in [2.75, 3.05) is 0 Å². The van der Waals surface area contributed by atoms with E-state index in [4.69, 9.17) is 5.41 Å². The van der Waals surface area contributed by atoms with Gasteiger partial charge in [-0.1, -0.05) is 40.5 Å². The Bertz CT molecular complexity index is 469. The van der Waals surface area contributed by atoms with Crippen LogP contribution in [0.3, 0.4) is 0 Å². The molecule has 0 radical (unpaired) electrons. The summed E-state index contributed by atoms with van der Waals surface area (Å²) < 4.78 is 0. The zero-order valence-electron chi connectivity index (χ0n) is 17.0. The molecule has 0 aromatic carbocycles. The molecule has 0 amide bonds. The summed E-state index contributed by atoms with van der Waals surface area (Å²) in [5, 5.41) is 8.26. The molecule has 4 aliphatic carbocycles. The number of hydrogen-bond donors (Lipinski definition) is 1. The van der Waals surface area contributed by atoms with Crippen LogP contribution in [0.4, 0.5) is 0 Å². The second-order valence-corrected chi connectivity index (χ2v) is 9.76. The predicted octanol–water partition coefficient (Wildman–Crippen LogP) is 7.10. The fourth-order valence-electron chi connectivity index (χ4n) is 8.01. The summed E-state index contributed by atoms with van der Waals surface area (Å²) in [6.45, 7) is 11.3. The summed E-state index contributed by atoms with van der Waals surface area (Å²) >= 11 is 0. The average Bonchev–Trinajstić information content (AvgIpc) is 2.93. The molecule has 4 fully saturated rings. The Morgan fingerprint density at radius 1 is 0.792 bits per heavy atom. The molecule has 138 valence electrons. The van der Waals surface area contributed by atoms with Gasteiger partial charge in [0.25, 0.3) is 0 Å². The molecule has 0 aliphatic heterocycles. The molecule has 4 rings (SSSR count). The first kappa shape index (κ1) is 18.5. The lowest BCUT2D eigenvalue weighted by atomic mass is 9.45. The van der Waals surface area contributed by atoms with Crippen LogP contribution in [0, 0.1) is 45.8 Å². The van der Waals surface area contributed by atoms with Crippen molar-refractivity contribution in [1.82, 2.24) is 0 Å². The second-order valence-electron chi connectivity index (χ2n) is 9.76. The molecule has 7 unspecified atom stereocenters. The normalized spacial score (nSPS) is 50.0. The summed E-state index contributed by atoms with van der Waals surface area (Å²) in [6, 6.07) is 0. The molecule has 0 aromatic heterocycles. The lowest BCUT2D eigenvalue weighted by Crippen LogP contribution is -2.53. The van der Waals surface area contributed by atoms with Crippen molar-refractivity contribution in [2.45, 2.75) is 98.8 Å². The van der Waals surface area contributed by atoms with Gasteiger partial charge in [0.05, 0.1) is 0 Å². The Morgan fingerprint density at radius 2 is 1.50 bits per heavy atom. The molecule has 4 saturated carbocycles. The maximum Gasteiger partial charge on any atom is 0.00946 e. The SMILES string of the molecule is CC.CC(=N)C1CCC2C3CCC4CCCCC4(C)C3CCC12C. The van der Waals surface area contributed by atoms with Gasteiger partial charge in [-0.2, -0.15) is 0 Å². The molecule has 24 heavy (non-hydrogen) atoms. The fourth-order valence-corrected chi connectivity index (χ4v) is 8.01. The Labute approximate surface area is 150 Å². The van der Waals surface area contributed by atoms with E-state index in [1.807, 2.05) is 13.8 Å².